The Hall–Kier alpha value is -10.3. The zero-order valence-corrected chi connectivity index (χ0v) is 42.9. The van der Waals surface area contributed by atoms with E-state index in [4.69, 9.17) is 0 Å². The molecule has 15 aromatic carbocycles. The van der Waals surface area contributed by atoms with Crippen LogP contribution in [0.25, 0.3) is 97.7 Å². The molecule has 15 aromatic rings. The molecule has 0 N–H and O–H groups in total. The number of nitrogens with zero attached hydrogens (tertiary/aromatic N) is 2. The summed E-state index contributed by atoms with van der Waals surface area (Å²) in [4.78, 5) is 4.76. The van der Waals surface area contributed by atoms with Gasteiger partial charge in [-0.1, -0.05) is 243 Å². The second-order valence-electron chi connectivity index (χ2n) is 20.0. The van der Waals surface area contributed by atoms with E-state index < -0.39 is 0 Å². The maximum atomic E-state index is 2.39. The van der Waals surface area contributed by atoms with Crippen LogP contribution in [-0.2, 0) is 0 Å². The average Bonchev–Trinajstić information content (AvgIpc) is 3.67. The molecule has 15 rings (SSSR count). The first-order valence-electron chi connectivity index (χ1n) is 26.8. The molecule has 0 aliphatic heterocycles. The van der Waals surface area contributed by atoms with E-state index in [0.29, 0.717) is 0 Å². The van der Waals surface area contributed by atoms with Crippen LogP contribution >= 0.6 is 0 Å². The van der Waals surface area contributed by atoms with Gasteiger partial charge < -0.3 is 9.80 Å². The summed E-state index contributed by atoms with van der Waals surface area (Å²) in [5, 5.41) is 17.6. The number of hydrogen-bond acceptors (Lipinski definition) is 2. The molecule has 0 spiro atoms. The van der Waals surface area contributed by atoms with Gasteiger partial charge in [0, 0.05) is 33.5 Å². The number of hydrogen-bond donors (Lipinski definition) is 0. The minimum atomic E-state index is 1.13. The van der Waals surface area contributed by atoms with Gasteiger partial charge in [0.05, 0.1) is 11.4 Å². The van der Waals surface area contributed by atoms with Crippen molar-refractivity contribution in [1.82, 2.24) is 0 Å². The lowest BCUT2D eigenvalue weighted by Crippen LogP contribution is -2.11. The third kappa shape index (κ3) is 8.34. The fraction of sp³-hybridized carbons (Fsp3) is 0. The zero-order valence-electron chi connectivity index (χ0n) is 42.9. The van der Waals surface area contributed by atoms with Gasteiger partial charge in [0.1, 0.15) is 0 Å². The van der Waals surface area contributed by atoms with Crippen LogP contribution in [0.2, 0.25) is 0 Å². The normalized spacial score (nSPS) is 11.3. The number of rotatable bonds is 8. The molecule has 0 fully saturated rings. The minimum Gasteiger partial charge on any atom is -0.310 e. The first-order valence-corrected chi connectivity index (χ1v) is 26.8. The molecule has 0 radical (unpaired) electrons. The molecule has 366 valence electrons. The molecule has 0 atom stereocenters. The summed E-state index contributed by atoms with van der Waals surface area (Å²) >= 11 is 0. The molecule has 78 heavy (non-hydrogen) atoms. The molecule has 0 aliphatic rings. The lowest BCUT2D eigenvalue weighted by Gasteiger charge is -2.29. The van der Waals surface area contributed by atoms with Gasteiger partial charge in [0.2, 0.25) is 0 Å². The van der Waals surface area contributed by atoms with Crippen molar-refractivity contribution in [2.24, 2.45) is 0 Å². The molecule has 0 aromatic heterocycles. The molecule has 0 amide bonds. The van der Waals surface area contributed by atoms with Crippen LogP contribution in [0.3, 0.4) is 0 Å². The van der Waals surface area contributed by atoms with Gasteiger partial charge in [-0.15, -0.1) is 0 Å². The maximum Gasteiger partial charge on any atom is 0.0546 e. The van der Waals surface area contributed by atoms with E-state index in [2.05, 4.69) is 325 Å². The number of fused-ring (bicyclic) bond motifs is 9. The van der Waals surface area contributed by atoms with Crippen LogP contribution in [0.5, 0.6) is 0 Å². The summed E-state index contributed by atoms with van der Waals surface area (Å²) < 4.78 is 0. The van der Waals surface area contributed by atoms with Gasteiger partial charge in [-0.25, -0.2) is 0 Å². The molecule has 2 nitrogen and oxygen atoms in total. The van der Waals surface area contributed by atoms with Crippen molar-refractivity contribution in [3.8, 4) is 22.3 Å². The Kier molecular flexibility index (Phi) is 11.9. The summed E-state index contributed by atoms with van der Waals surface area (Å²) in [5.74, 6) is 0. The molecule has 2 heteroatoms. The molecular weight excluding hydrogens is 941 g/mol. The number of anilines is 6. The van der Waals surface area contributed by atoms with E-state index in [0.717, 1.165) is 34.1 Å². The van der Waals surface area contributed by atoms with Gasteiger partial charge in [-0.3, -0.25) is 0 Å². The Bertz CT molecular complexity index is 4230. The Morgan fingerprint density at radius 3 is 0.744 bits per heavy atom. The molecular formula is C76H52N2. The summed E-state index contributed by atoms with van der Waals surface area (Å²) in [6, 6.07) is 114. The van der Waals surface area contributed by atoms with Crippen molar-refractivity contribution >= 4 is 110 Å². The third-order valence-corrected chi connectivity index (χ3v) is 15.4. The lowest BCUT2D eigenvalue weighted by molar-refractivity contribution is 1.30. The highest BCUT2D eigenvalue weighted by Crippen LogP contribution is 2.48. The van der Waals surface area contributed by atoms with Gasteiger partial charge in [0.25, 0.3) is 0 Å². The van der Waals surface area contributed by atoms with Crippen molar-refractivity contribution in [2.45, 2.75) is 0 Å². The van der Waals surface area contributed by atoms with E-state index in [9.17, 15) is 0 Å². The van der Waals surface area contributed by atoms with Crippen LogP contribution in [0.15, 0.2) is 315 Å². The van der Waals surface area contributed by atoms with Crippen LogP contribution in [0, 0.1) is 0 Å². The Labute approximate surface area is 454 Å². The van der Waals surface area contributed by atoms with Crippen LogP contribution in [-0.4, -0.2) is 0 Å². The average molecular weight is 993 g/mol. The molecule has 0 saturated carbocycles. The highest BCUT2D eigenvalue weighted by Gasteiger charge is 2.22. The smallest absolute Gasteiger partial charge is 0.0546 e. The zero-order chi connectivity index (χ0) is 51.8. The Balaban J connectivity index is 0.000000146. The number of para-hydroxylation sites is 4. The Morgan fingerprint density at radius 1 is 0.167 bits per heavy atom. The standard InChI is InChI=1S/C42H30N2.C34H22/c1-5-17-31(18-6-1)43(32-19-7-2-8-20-32)41-29-39-36-26-14-16-28-38(36)42(30-40(39)35-25-13-15-27-37(35)41)44(33-21-9-3-10-22-33)34-23-11-4-12-24-34;1-3-11-25-21-27(19-17-23(25)9-1)33-29-13-5-7-15-31(29)34(32-16-8-6-14-30(32)33)28-20-18-24-10-2-4-12-26(24)22-28/h1-30H;1-22H. The van der Waals surface area contributed by atoms with Gasteiger partial charge in [0.15, 0.2) is 0 Å². The third-order valence-electron chi connectivity index (χ3n) is 15.4. The number of benzene rings is 15. The van der Waals surface area contributed by atoms with Crippen molar-refractivity contribution in [3.05, 3.63) is 315 Å². The van der Waals surface area contributed by atoms with Gasteiger partial charge in [-0.05, 0) is 160 Å². The molecule has 0 bridgehead atoms. The van der Waals surface area contributed by atoms with Crippen molar-refractivity contribution in [3.63, 3.8) is 0 Å². The monoisotopic (exact) mass is 992 g/mol. The second kappa shape index (κ2) is 20.1. The van der Waals surface area contributed by atoms with E-state index in [-0.39, 0.29) is 0 Å². The first-order chi connectivity index (χ1) is 38.7. The van der Waals surface area contributed by atoms with E-state index in [1.807, 2.05) is 0 Å². The summed E-state index contributed by atoms with van der Waals surface area (Å²) in [7, 11) is 0. The van der Waals surface area contributed by atoms with Gasteiger partial charge >= 0.3 is 0 Å². The highest BCUT2D eigenvalue weighted by molar-refractivity contribution is 6.25. The molecule has 0 heterocycles. The summed E-state index contributed by atoms with van der Waals surface area (Å²) in [6.07, 6.45) is 0. The maximum absolute atomic E-state index is 2.39. The van der Waals surface area contributed by atoms with Crippen molar-refractivity contribution in [2.75, 3.05) is 9.80 Å². The SMILES string of the molecule is c1ccc(N(c2ccccc2)c2cc3c4ccccc4c(N(c4ccccc4)c4ccccc4)cc3c3ccccc23)cc1.c1ccc2cc(-c3c4ccccc4c(-c4ccc5ccccc5c4)c4ccccc34)ccc2c1. The van der Waals surface area contributed by atoms with E-state index in [1.165, 1.54) is 97.7 Å². The second-order valence-corrected chi connectivity index (χ2v) is 20.0. The van der Waals surface area contributed by atoms with Gasteiger partial charge in [-0.2, -0.15) is 0 Å². The summed E-state index contributed by atoms with van der Waals surface area (Å²) in [5.41, 5.74) is 12.0. The highest BCUT2D eigenvalue weighted by atomic mass is 15.1. The fourth-order valence-electron chi connectivity index (χ4n) is 11.9. The van der Waals surface area contributed by atoms with E-state index >= 15 is 0 Å². The quantitative estimate of drug-likeness (QED) is 0.111. The predicted molar refractivity (Wildman–Crippen MR) is 336 cm³/mol. The predicted octanol–water partition coefficient (Wildman–Crippen LogP) is 21.7. The van der Waals surface area contributed by atoms with Crippen LogP contribution in [0.4, 0.5) is 34.1 Å². The van der Waals surface area contributed by atoms with Crippen molar-refractivity contribution in [1.29, 1.82) is 0 Å². The molecule has 0 saturated heterocycles. The summed E-state index contributed by atoms with van der Waals surface area (Å²) in [6.45, 7) is 0. The largest absolute Gasteiger partial charge is 0.310 e. The molecule has 0 aliphatic carbocycles. The molecule has 0 unspecified atom stereocenters. The van der Waals surface area contributed by atoms with Crippen molar-refractivity contribution < 1.29 is 0 Å². The Morgan fingerprint density at radius 2 is 0.423 bits per heavy atom. The first kappa shape index (κ1) is 46.3. The van der Waals surface area contributed by atoms with Crippen LogP contribution in [0.1, 0.15) is 0 Å². The van der Waals surface area contributed by atoms with Crippen LogP contribution < -0.4 is 9.80 Å². The minimum absolute atomic E-state index is 1.13. The van der Waals surface area contributed by atoms with E-state index in [1.54, 1.807) is 0 Å². The topological polar surface area (TPSA) is 6.48 Å². The fourth-order valence-corrected chi connectivity index (χ4v) is 11.9. The lowest BCUT2D eigenvalue weighted by atomic mass is 9.85.